The van der Waals surface area contributed by atoms with Crippen molar-refractivity contribution in [2.75, 3.05) is 25.5 Å². The Morgan fingerprint density at radius 2 is 1.44 bits per heavy atom. The molecule has 68 heavy (non-hydrogen) atoms. The van der Waals surface area contributed by atoms with Crippen LogP contribution < -0.4 is 16.1 Å². The summed E-state index contributed by atoms with van der Waals surface area (Å²) in [6, 6.07) is 20.9. The number of anilines is 1. The molecule has 0 bridgehead atoms. The van der Waals surface area contributed by atoms with Gasteiger partial charge in [0.15, 0.2) is 0 Å². The number of imidazole rings is 1. The van der Waals surface area contributed by atoms with E-state index >= 15 is 8.42 Å². The van der Waals surface area contributed by atoms with E-state index in [1.165, 1.54) is 30.2 Å². The molecule has 0 radical (unpaired) electrons. The SMILES string of the molecule is COC(=O)Nc1nc2ccc(S(=O)(=O)N(CC(OC(=O)N[C@@H](Cc3ccccc3)[C@@H](O)CNOC3CCCC3)C(Cc3ccccc3)N(C(=O)OC(C)(C)C)C(C)(C)C)OC3CCCC3)cc2[nH]1. The third-order valence-electron chi connectivity index (χ3n) is 11.9. The first kappa shape index (κ1) is 52.1. The molecular weight excluding hydrogens is 895 g/mol. The van der Waals surface area contributed by atoms with Gasteiger partial charge in [0.1, 0.15) is 11.7 Å². The van der Waals surface area contributed by atoms with Gasteiger partial charge in [0.05, 0.1) is 60.0 Å². The summed E-state index contributed by atoms with van der Waals surface area (Å²) in [6.45, 7) is 10.1. The number of H-pyrrole nitrogens is 1. The molecule has 1 aromatic heterocycles. The van der Waals surface area contributed by atoms with Crippen LogP contribution in [0.25, 0.3) is 11.0 Å². The second-order valence-corrected chi connectivity index (χ2v) is 21.3. The molecule has 3 amide bonds. The molecule has 2 saturated carbocycles. The molecule has 2 aliphatic rings. The normalized spacial score (nSPS) is 16.8. The lowest BCUT2D eigenvalue weighted by Gasteiger charge is -2.45. The zero-order chi connectivity index (χ0) is 49.1. The minimum Gasteiger partial charge on any atom is -0.453 e. The third kappa shape index (κ3) is 14.8. The Labute approximate surface area is 399 Å². The average Bonchev–Trinajstić information content (AvgIpc) is 4.08. The maximum Gasteiger partial charge on any atom is 0.413 e. The number of aromatic nitrogens is 2. The van der Waals surface area contributed by atoms with Crippen molar-refractivity contribution < 1.29 is 51.8 Å². The van der Waals surface area contributed by atoms with Crippen molar-refractivity contribution in [3.05, 3.63) is 90.0 Å². The van der Waals surface area contributed by atoms with Crippen LogP contribution in [-0.2, 0) is 46.8 Å². The Hall–Kier alpha value is -5.31. The van der Waals surface area contributed by atoms with Gasteiger partial charge in [0, 0.05) is 12.1 Å². The quantitative estimate of drug-likeness (QED) is 0.0422. The van der Waals surface area contributed by atoms with Crippen LogP contribution in [0.5, 0.6) is 0 Å². The van der Waals surface area contributed by atoms with Gasteiger partial charge in [-0.3, -0.25) is 19.9 Å². The second kappa shape index (κ2) is 23.3. The Morgan fingerprint density at radius 3 is 2.03 bits per heavy atom. The zero-order valence-electron chi connectivity index (χ0n) is 40.2. The van der Waals surface area contributed by atoms with Gasteiger partial charge in [0.25, 0.3) is 10.0 Å². The minimum atomic E-state index is -4.60. The summed E-state index contributed by atoms with van der Waals surface area (Å²) in [6.07, 6.45) is 1.55. The average molecular weight is 964 g/mol. The molecule has 0 aliphatic heterocycles. The number of aliphatic hydroxyl groups excluding tert-OH is 1. The van der Waals surface area contributed by atoms with Crippen LogP contribution in [0.15, 0.2) is 83.8 Å². The molecule has 2 fully saturated rings. The van der Waals surface area contributed by atoms with Crippen molar-refractivity contribution >= 4 is 45.3 Å². The van der Waals surface area contributed by atoms with Gasteiger partial charge in [-0.25, -0.2) is 27.8 Å². The molecule has 18 nitrogen and oxygen atoms in total. The van der Waals surface area contributed by atoms with E-state index in [0.717, 1.165) is 54.1 Å². The maximum absolute atomic E-state index is 15.1. The highest BCUT2D eigenvalue weighted by Crippen LogP contribution is 2.32. The Balaban J connectivity index is 1.42. The van der Waals surface area contributed by atoms with Gasteiger partial charge in [-0.2, -0.15) is 5.48 Å². The number of alkyl carbamates (subject to hydrolysis) is 1. The van der Waals surface area contributed by atoms with E-state index in [9.17, 15) is 19.5 Å². The first-order valence-electron chi connectivity index (χ1n) is 23.5. The van der Waals surface area contributed by atoms with Crippen molar-refractivity contribution in [1.82, 2.24) is 30.1 Å². The molecule has 0 spiro atoms. The van der Waals surface area contributed by atoms with Crippen LogP contribution in [0.1, 0.15) is 104 Å². The number of aliphatic hydroxyl groups is 1. The number of nitrogens with zero attached hydrogens (tertiary/aromatic N) is 3. The van der Waals surface area contributed by atoms with Gasteiger partial charge in [0.2, 0.25) is 5.95 Å². The lowest BCUT2D eigenvalue weighted by atomic mass is 9.94. The number of benzene rings is 3. The number of carbonyl (C=O) groups excluding carboxylic acids is 3. The molecule has 2 unspecified atom stereocenters. The van der Waals surface area contributed by atoms with E-state index in [1.54, 1.807) is 20.8 Å². The predicted molar refractivity (Wildman–Crippen MR) is 256 cm³/mol. The zero-order valence-corrected chi connectivity index (χ0v) is 41.1. The van der Waals surface area contributed by atoms with E-state index < -0.39 is 76.4 Å². The van der Waals surface area contributed by atoms with Crippen molar-refractivity contribution in [2.24, 2.45) is 0 Å². The van der Waals surface area contributed by atoms with Gasteiger partial charge >= 0.3 is 18.3 Å². The highest BCUT2D eigenvalue weighted by Gasteiger charge is 2.45. The molecular formula is C49H69N7O11S. The number of rotatable bonds is 20. The molecule has 372 valence electrons. The number of hydrogen-bond acceptors (Lipinski definition) is 13. The summed E-state index contributed by atoms with van der Waals surface area (Å²) in [7, 11) is -3.39. The summed E-state index contributed by atoms with van der Waals surface area (Å²) in [5.74, 6) is 0.0425. The van der Waals surface area contributed by atoms with E-state index in [4.69, 9.17) is 23.9 Å². The van der Waals surface area contributed by atoms with Crippen molar-refractivity contribution in [2.45, 2.75) is 158 Å². The van der Waals surface area contributed by atoms with E-state index in [-0.39, 0.29) is 36.3 Å². The number of nitrogens with one attached hydrogen (secondary N) is 4. The first-order valence-corrected chi connectivity index (χ1v) is 24.9. The fourth-order valence-electron chi connectivity index (χ4n) is 8.55. The molecule has 6 rings (SSSR count). The number of sulfonamides is 1. The van der Waals surface area contributed by atoms with Gasteiger partial charge in [-0.05, 0) is 109 Å². The Morgan fingerprint density at radius 1 is 0.838 bits per heavy atom. The number of amides is 3. The molecule has 5 N–H and O–H groups in total. The van der Waals surface area contributed by atoms with Crippen molar-refractivity contribution in [3.8, 4) is 0 Å². The van der Waals surface area contributed by atoms with E-state index in [0.29, 0.717) is 23.9 Å². The molecule has 2 aliphatic carbocycles. The van der Waals surface area contributed by atoms with Crippen molar-refractivity contribution in [3.63, 3.8) is 0 Å². The number of carbonyl (C=O) groups is 3. The first-order chi connectivity index (χ1) is 32.3. The van der Waals surface area contributed by atoms with Crippen LogP contribution in [0.4, 0.5) is 20.3 Å². The smallest absolute Gasteiger partial charge is 0.413 e. The number of ether oxygens (including phenoxy) is 3. The summed E-state index contributed by atoms with van der Waals surface area (Å²) in [4.78, 5) is 62.1. The number of hydroxylamine groups is 2. The number of aromatic amines is 1. The van der Waals surface area contributed by atoms with Gasteiger partial charge in [-0.1, -0.05) is 90.8 Å². The third-order valence-corrected chi connectivity index (χ3v) is 13.5. The number of hydrogen-bond donors (Lipinski definition) is 5. The van der Waals surface area contributed by atoms with Crippen LogP contribution in [-0.4, -0.2) is 119 Å². The van der Waals surface area contributed by atoms with Gasteiger partial charge in [-0.15, -0.1) is 0 Å². The standard InChI is InChI=1S/C49H69N7O11S/c1-48(2,3)56(47(60)65-49(4,5)6)41(29-34-20-12-9-13-21-34)43(64-46(59)53-40(28-33-18-10-8-11-19-33)42(57)31-50-66-35-22-14-15-23-35)32-55(67-36-24-16-17-25-36)68(61,62)37-26-27-38-39(30-37)52-44(51-38)54-45(58)63-7/h8-13,18-21,26-27,30,35-36,40-43,50,57H,14-17,22-25,28-29,31-32H2,1-7H3,(H,53,59)(H2,51,52,54,58)/t40-,41?,42-,43?/m0/s1. The van der Waals surface area contributed by atoms with Crippen LogP contribution in [0.3, 0.4) is 0 Å². The van der Waals surface area contributed by atoms with E-state index in [2.05, 4.69) is 26.1 Å². The molecule has 4 atom stereocenters. The monoisotopic (exact) mass is 963 g/mol. The maximum atomic E-state index is 15.1. The number of fused-ring (bicyclic) bond motifs is 1. The lowest BCUT2D eigenvalue weighted by molar-refractivity contribution is -0.151. The second-order valence-electron chi connectivity index (χ2n) is 19.5. The van der Waals surface area contributed by atoms with Crippen LogP contribution in [0, 0.1) is 0 Å². The molecule has 0 saturated heterocycles. The highest BCUT2D eigenvalue weighted by atomic mass is 32.2. The largest absolute Gasteiger partial charge is 0.453 e. The molecule has 3 aromatic carbocycles. The fourth-order valence-corrected chi connectivity index (χ4v) is 9.87. The summed E-state index contributed by atoms with van der Waals surface area (Å²) < 4.78 is 48.3. The minimum absolute atomic E-state index is 0.00699. The Kier molecular flexibility index (Phi) is 17.9. The summed E-state index contributed by atoms with van der Waals surface area (Å²) in [5.41, 5.74) is 3.26. The van der Waals surface area contributed by atoms with Crippen molar-refractivity contribution in [1.29, 1.82) is 0 Å². The number of methoxy groups -OCH3 is 1. The summed E-state index contributed by atoms with van der Waals surface area (Å²) >= 11 is 0. The Bertz CT molecular complexity index is 2360. The molecule has 19 heteroatoms. The highest BCUT2D eigenvalue weighted by molar-refractivity contribution is 7.89. The molecule has 1 heterocycles. The predicted octanol–water partition coefficient (Wildman–Crippen LogP) is 7.78. The topological polar surface area (TPSA) is 223 Å². The lowest BCUT2D eigenvalue weighted by Crippen LogP contribution is -2.61. The van der Waals surface area contributed by atoms with Crippen LogP contribution >= 0.6 is 0 Å². The fraction of sp³-hybridized carbons (Fsp3) is 0.551. The molecule has 4 aromatic rings. The van der Waals surface area contributed by atoms with Gasteiger partial charge < -0.3 is 29.6 Å². The van der Waals surface area contributed by atoms with E-state index in [1.807, 2.05) is 81.4 Å². The summed E-state index contributed by atoms with van der Waals surface area (Å²) in [5, 5.41) is 17.0. The van der Waals surface area contributed by atoms with Crippen LogP contribution in [0.2, 0.25) is 0 Å².